The summed E-state index contributed by atoms with van der Waals surface area (Å²) in [6, 6.07) is 20.8. The van der Waals surface area contributed by atoms with Gasteiger partial charge in [0.05, 0.1) is 7.11 Å². The molecule has 4 rings (SSSR count). The summed E-state index contributed by atoms with van der Waals surface area (Å²) in [7, 11) is 1.49. The number of amides is 4. The molecule has 0 bridgehead atoms. The molecule has 33 heavy (non-hydrogen) atoms. The summed E-state index contributed by atoms with van der Waals surface area (Å²) in [5, 5.41) is 18.3. The van der Waals surface area contributed by atoms with E-state index in [1.807, 2.05) is 18.2 Å². The van der Waals surface area contributed by atoms with Gasteiger partial charge in [0.1, 0.15) is 0 Å². The number of carbonyl (C=O) groups is 2. The number of nitrogens with zero attached hydrogens (tertiary/aromatic N) is 1. The van der Waals surface area contributed by atoms with Gasteiger partial charge in [-0.1, -0.05) is 30.3 Å². The number of phenolic OH excluding ortho intramolecular Hbond substituents is 1. The highest BCUT2D eigenvalue weighted by Crippen LogP contribution is 2.32. The van der Waals surface area contributed by atoms with E-state index in [2.05, 4.69) is 16.0 Å². The molecule has 4 N–H and O–H groups in total. The first kappa shape index (κ1) is 22.0. The van der Waals surface area contributed by atoms with Crippen LogP contribution in [0.25, 0.3) is 0 Å². The van der Waals surface area contributed by atoms with Gasteiger partial charge in [0.15, 0.2) is 11.5 Å². The number of methoxy groups -OCH3 is 1. The highest BCUT2D eigenvalue weighted by molar-refractivity contribution is 6.00. The summed E-state index contributed by atoms with van der Waals surface area (Å²) in [4.78, 5) is 27.1. The molecule has 0 heterocycles. The minimum atomic E-state index is -0.370. The minimum absolute atomic E-state index is 0.0595. The molecule has 0 spiro atoms. The van der Waals surface area contributed by atoms with Gasteiger partial charge >= 0.3 is 12.1 Å². The Balaban J connectivity index is 1.40. The fraction of sp³-hybridized carbons (Fsp3) is 0.200. The van der Waals surface area contributed by atoms with Crippen molar-refractivity contribution in [3.63, 3.8) is 0 Å². The average molecular weight is 447 g/mol. The van der Waals surface area contributed by atoms with Crippen molar-refractivity contribution in [2.45, 2.75) is 25.4 Å². The second-order valence-electron chi connectivity index (χ2n) is 7.82. The van der Waals surface area contributed by atoms with Crippen LogP contribution in [-0.4, -0.2) is 35.2 Å². The van der Waals surface area contributed by atoms with Crippen LogP contribution in [0.3, 0.4) is 0 Å². The second-order valence-corrected chi connectivity index (χ2v) is 7.82. The highest BCUT2D eigenvalue weighted by Gasteiger charge is 2.32. The van der Waals surface area contributed by atoms with E-state index in [4.69, 9.17) is 4.74 Å². The SMILES string of the molecule is COc1cc(CN(C(=O)Nc2cccc(NC(=O)Nc3ccccc3)c2)C2CC2)ccc1O. The third-order valence-electron chi connectivity index (χ3n) is 5.25. The van der Waals surface area contributed by atoms with E-state index in [0.29, 0.717) is 29.4 Å². The predicted octanol–water partition coefficient (Wildman–Crippen LogP) is 5.24. The van der Waals surface area contributed by atoms with Crippen molar-refractivity contribution in [1.82, 2.24) is 4.90 Å². The number of para-hydroxylation sites is 1. The molecule has 0 aliphatic heterocycles. The number of ether oxygens (including phenoxy) is 1. The lowest BCUT2D eigenvalue weighted by atomic mass is 10.2. The Bertz CT molecular complexity index is 1130. The third kappa shape index (κ3) is 5.94. The molecule has 3 aromatic carbocycles. The van der Waals surface area contributed by atoms with Crippen LogP contribution >= 0.6 is 0 Å². The number of hydrogen-bond acceptors (Lipinski definition) is 4. The second kappa shape index (κ2) is 9.95. The largest absolute Gasteiger partial charge is 0.504 e. The smallest absolute Gasteiger partial charge is 0.323 e. The maximum atomic E-state index is 13.0. The molecule has 0 aromatic heterocycles. The van der Waals surface area contributed by atoms with E-state index in [-0.39, 0.29) is 23.9 Å². The van der Waals surface area contributed by atoms with Crippen LogP contribution in [0.4, 0.5) is 26.7 Å². The predicted molar refractivity (Wildman–Crippen MR) is 128 cm³/mol. The zero-order chi connectivity index (χ0) is 23.2. The summed E-state index contributed by atoms with van der Waals surface area (Å²) >= 11 is 0. The summed E-state index contributed by atoms with van der Waals surface area (Å²) in [5.41, 5.74) is 2.68. The molecular formula is C25H26N4O4. The minimum Gasteiger partial charge on any atom is -0.504 e. The van der Waals surface area contributed by atoms with Gasteiger partial charge in [-0.15, -0.1) is 0 Å². The van der Waals surface area contributed by atoms with Crippen LogP contribution in [0, 0.1) is 0 Å². The zero-order valence-corrected chi connectivity index (χ0v) is 18.2. The van der Waals surface area contributed by atoms with Gasteiger partial charge in [-0.05, 0) is 60.9 Å². The lowest BCUT2D eigenvalue weighted by Crippen LogP contribution is -2.36. The van der Waals surface area contributed by atoms with Gasteiger partial charge in [0.2, 0.25) is 0 Å². The standard InChI is InChI=1S/C25H26N4O4/c1-33-23-14-17(10-13-22(23)30)16-29(21-11-12-21)25(32)28-20-9-5-8-19(15-20)27-24(31)26-18-6-3-2-4-7-18/h2-10,13-15,21,30H,11-12,16H2,1H3,(H,28,32)(H2,26,27,31). The molecule has 0 radical (unpaired) electrons. The van der Waals surface area contributed by atoms with E-state index in [9.17, 15) is 14.7 Å². The molecule has 8 heteroatoms. The monoisotopic (exact) mass is 446 g/mol. The van der Waals surface area contributed by atoms with Crippen molar-refractivity contribution in [1.29, 1.82) is 0 Å². The molecular weight excluding hydrogens is 420 g/mol. The van der Waals surface area contributed by atoms with E-state index in [1.54, 1.807) is 59.5 Å². The van der Waals surface area contributed by atoms with Crippen molar-refractivity contribution < 1.29 is 19.4 Å². The van der Waals surface area contributed by atoms with Gasteiger partial charge in [-0.2, -0.15) is 0 Å². The van der Waals surface area contributed by atoms with Crippen molar-refractivity contribution >= 4 is 29.1 Å². The van der Waals surface area contributed by atoms with Gasteiger partial charge < -0.3 is 30.7 Å². The van der Waals surface area contributed by atoms with Crippen molar-refractivity contribution in [3.05, 3.63) is 78.4 Å². The molecule has 0 atom stereocenters. The Morgan fingerprint density at radius 3 is 2.27 bits per heavy atom. The fourth-order valence-electron chi connectivity index (χ4n) is 3.45. The number of anilines is 3. The third-order valence-corrected chi connectivity index (χ3v) is 5.25. The Kier molecular flexibility index (Phi) is 6.64. The quantitative estimate of drug-likeness (QED) is 0.398. The number of urea groups is 2. The van der Waals surface area contributed by atoms with E-state index in [1.165, 1.54) is 7.11 Å². The van der Waals surface area contributed by atoms with Crippen LogP contribution in [0.5, 0.6) is 11.5 Å². The molecule has 1 saturated carbocycles. The van der Waals surface area contributed by atoms with Crippen molar-refractivity contribution in [2.24, 2.45) is 0 Å². The van der Waals surface area contributed by atoms with Crippen molar-refractivity contribution in [3.8, 4) is 11.5 Å². The summed E-state index contributed by atoms with van der Waals surface area (Å²) in [6.07, 6.45) is 1.90. The number of phenols is 1. The molecule has 1 fully saturated rings. The van der Waals surface area contributed by atoms with Crippen LogP contribution in [0.15, 0.2) is 72.8 Å². The van der Waals surface area contributed by atoms with E-state index in [0.717, 1.165) is 18.4 Å². The Morgan fingerprint density at radius 2 is 1.58 bits per heavy atom. The van der Waals surface area contributed by atoms with Gasteiger partial charge in [0, 0.05) is 29.6 Å². The molecule has 170 valence electrons. The topological polar surface area (TPSA) is 103 Å². The van der Waals surface area contributed by atoms with Crippen LogP contribution in [0.2, 0.25) is 0 Å². The van der Waals surface area contributed by atoms with E-state index < -0.39 is 0 Å². The molecule has 3 aromatic rings. The number of hydrogen-bond donors (Lipinski definition) is 4. The summed E-state index contributed by atoms with van der Waals surface area (Å²) < 4.78 is 5.17. The number of rotatable bonds is 7. The highest BCUT2D eigenvalue weighted by atomic mass is 16.5. The zero-order valence-electron chi connectivity index (χ0n) is 18.2. The van der Waals surface area contributed by atoms with Gasteiger partial charge in [-0.3, -0.25) is 0 Å². The van der Waals surface area contributed by atoms with Crippen LogP contribution in [-0.2, 0) is 6.54 Å². The molecule has 8 nitrogen and oxygen atoms in total. The maximum absolute atomic E-state index is 13.0. The van der Waals surface area contributed by atoms with Gasteiger partial charge in [0.25, 0.3) is 0 Å². The van der Waals surface area contributed by atoms with E-state index >= 15 is 0 Å². The fourth-order valence-corrected chi connectivity index (χ4v) is 3.45. The molecule has 1 aliphatic carbocycles. The first-order valence-corrected chi connectivity index (χ1v) is 10.7. The number of nitrogens with one attached hydrogen (secondary N) is 3. The van der Waals surface area contributed by atoms with Crippen molar-refractivity contribution in [2.75, 3.05) is 23.1 Å². The first-order chi connectivity index (χ1) is 16.0. The Hall–Kier alpha value is -4.20. The first-order valence-electron chi connectivity index (χ1n) is 10.7. The molecule has 0 unspecified atom stereocenters. The van der Waals surface area contributed by atoms with Gasteiger partial charge in [-0.25, -0.2) is 9.59 Å². The number of aromatic hydroxyl groups is 1. The molecule has 1 aliphatic rings. The lowest BCUT2D eigenvalue weighted by molar-refractivity contribution is 0.206. The summed E-state index contributed by atoms with van der Waals surface area (Å²) in [5.74, 6) is 0.431. The number of benzene rings is 3. The van der Waals surface area contributed by atoms with Crippen LogP contribution in [0.1, 0.15) is 18.4 Å². The number of carbonyl (C=O) groups excluding carboxylic acids is 2. The Morgan fingerprint density at radius 1 is 0.909 bits per heavy atom. The Labute approximate surface area is 192 Å². The molecule has 0 saturated heterocycles. The maximum Gasteiger partial charge on any atom is 0.323 e. The normalized spacial score (nSPS) is 12.5. The average Bonchev–Trinajstić information content (AvgIpc) is 3.64. The van der Waals surface area contributed by atoms with Crippen LogP contribution < -0.4 is 20.7 Å². The summed E-state index contributed by atoms with van der Waals surface area (Å²) in [6.45, 7) is 0.393. The lowest BCUT2D eigenvalue weighted by Gasteiger charge is -2.23. The molecule has 4 amide bonds.